The van der Waals surface area contributed by atoms with Gasteiger partial charge >= 0.3 is 0 Å². The van der Waals surface area contributed by atoms with Crippen LogP contribution in [0.1, 0.15) is 19.3 Å². The smallest absolute Gasteiger partial charge is 0.202 e. The number of likely N-dealkylation sites (tertiary alicyclic amines) is 1. The van der Waals surface area contributed by atoms with Gasteiger partial charge in [-0.25, -0.2) is 4.98 Å². The van der Waals surface area contributed by atoms with Crippen molar-refractivity contribution in [2.24, 2.45) is 5.92 Å². The van der Waals surface area contributed by atoms with Crippen LogP contribution in [0.5, 0.6) is 0 Å². The summed E-state index contributed by atoms with van der Waals surface area (Å²) in [6, 6.07) is 0.927. The topological polar surface area (TPSA) is 41.1 Å². The first-order chi connectivity index (χ1) is 7.42. The molecule has 4 nitrogen and oxygen atoms in total. The molecule has 0 aromatic carbocycles. The van der Waals surface area contributed by atoms with E-state index in [1.54, 1.807) is 6.33 Å². The molecule has 2 fully saturated rings. The fourth-order valence-electron chi connectivity index (χ4n) is 2.28. The number of aromatic nitrogens is 2. The zero-order chi connectivity index (χ0) is 10.1. The number of nitrogens with one attached hydrogen (secondary N) is 1. The van der Waals surface area contributed by atoms with E-state index in [9.17, 15) is 0 Å². The van der Waals surface area contributed by atoms with Gasteiger partial charge in [0.1, 0.15) is 6.33 Å². The second-order valence-electron chi connectivity index (χ2n) is 4.51. The van der Waals surface area contributed by atoms with Crippen LogP contribution in [0.3, 0.4) is 0 Å². The molecule has 1 saturated carbocycles. The monoisotopic (exact) mass is 224 g/mol. The number of nitrogens with zero attached hydrogens (tertiary/aromatic N) is 3. The minimum absolute atomic E-state index is 0.800. The van der Waals surface area contributed by atoms with E-state index < -0.39 is 0 Å². The molecule has 1 atom stereocenters. The molecule has 82 valence electrons. The van der Waals surface area contributed by atoms with Crippen LogP contribution in [0.2, 0.25) is 0 Å². The third-order valence-corrected chi connectivity index (χ3v) is 3.91. The van der Waals surface area contributed by atoms with Gasteiger partial charge in [-0.15, -0.1) is 0 Å². The van der Waals surface area contributed by atoms with E-state index in [1.165, 1.54) is 43.9 Å². The fraction of sp³-hybridized carbons (Fsp3) is 0.800. The Morgan fingerprint density at radius 3 is 3.13 bits per heavy atom. The predicted molar refractivity (Wildman–Crippen MR) is 61.1 cm³/mol. The van der Waals surface area contributed by atoms with Crippen molar-refractivity contribution in [1.29, 1.82) is 0 Å². The Bertz CT molecular complexity index is 309. The minimum Gasteiger partial charge on any atom is -0.360 e. The first kappa shape index (κ1) is 9.54. The van der Waals surface area contributed by atoms with Crippen molar-refractivity contribution < 1.29 is 0 Å². The van der Waals surface area contributed by atoms with Gasteiger partial charge in [0.05, 0.1) is 0 Å². The highest BCUT2D eigenvalue weighted by Gasteiger charge is 2.34. The van der Waals surface area contributed by atoms with E-state index in [4.69, 9.17) is 0 Å². The molecule has 1 aromatic heterocycles. The van der Waals surface area contributed by atoms with Gasteiger partial charge in [0.25, 0.3) is 0 Å². The molecule has 2 aliphatic rings. The highest BCUT2D eigenvalue weighted by Crippen LogP contribution is 2.31. The van der Waals surface area contributed by atoms with Gasteiger partial charge in [0.15, 0.2) is 0 Å². The van der Waals surface area contributed by atoms with Gasteiger partial charge in [-0.3, -0.25) is 0 Å². The van der Waals surface area contributed by atoms with Crippen molar-refractivity contribution >= 4 is 16.7 Å². The Hall–Kier alpha value is -0.680. The number of rotatable bonds is 4. The molecule has 0 amide bonds. The Morgan fingerprint density at radius 1 is 1.47 bits per heavy atom. The first-order valence-corrected chi connectivity index (χ1v) is 6.44. The van der Waals surface area contributed by atoms with E-state index in [0.717, 1.165) is 23.6 Å². The molecule has 1 saturated heterocycles. The molecule has 1 N–H and O–H groups in total. The summed E-state index contributed by atoms with van der Waals surface area (Å²) in [6.07, 6.45) is 5.80. The highest BCUT2D eigenvalue weighted by molar-refractivity contribution is 7.09. The summed E-state index contributed by atoms with van der Waals surface area (Å²) in [4.78, 5) is 6.77. The summed E-state index contributed by atoms with van der Waals surface area (Å²) in [5, 5.41) is 4.32. The molecule has 3 rings (SSSR count). The normalized spacial score (nSPS) is 27.1. The van der Waals surface area contributed by atoms with Crippen molar-refractivity contribution in [2.75, 3.05) is 25.0 Å². The lowest BCUT2D eigenvalue weighted by Gasteiger charge is -2.14. The van der Waals surface area contributed by atoms with E-state index >= 15 is 0 Å². The molecule has 0 bridgehead atoms. The third-order valence-electron chi connectivity index (χ3n) is 3.28. The molecular weight excluding hydrogens is 208 g/mol. The van der Waals surface area contributed by atoms with Gasteiger partial charge in [0.2, 0.25) is 5.13 Å². The van der Waals surface area contributed by atoms with Crippen molar-refractivity contribution in [3.05, 3.63) is 6.33 Å². The third kappa shape index (κ3) is 2.29. The zero-order valence-electron chi connectivity index (χ0n) is 8.72. The van der Waals surface area contributed by atoms with E-state index in [1.807, 2.05) is 0 Å². The Morgan fingerprint density at radius 2 is 2.40 bits per heavy atom. The highest BCUT2D eigenvalue weighted by atomic mass is 32.1. The van der Waals surface area contributed by atoms with Crippen LogP contribution in [0.15, 0.2) is 6.33 Å². The van der Waals surface area contributed by atoms with Gasteiger partial charge < -0.3 is 10.2 Å². The predicted octanol–water partition coefficient (Wildman–Crippen LogP) is 1.43. The second kappa shape index (κ2) is 4.06. The van der Waals surface area contributed by atoms with E-state index in [0.29, 0.717) is 0 Å². The van der Waals surface area contributed by atoms with Gasteiger partial charge in [-0.1, -0.05) is 0 Å². The van der Waals surface area contributed by atoms with Crippen LogP contribution in [-0.2, 0) is 0 Å². The summed E-state index contributed by atoms with van der Waals surface area (Å²) in [5.74, 6) is 0.800. The Labute approximate surface area is 93.9 Å². The van der Waals surface area contributed by atoms with Crippen molar-refractivity contribution in [3.8, 4) is 0 Å². The summed E-state index contributed by atoms with van der Waals surface area (Å²) >= 11 is 1.44. The molecule has 15 heavy (non-hydrogen) atoms. The summed E-state index contributed by atoms with van der Waals surface area (Å²) in [7, 11) is 0. The molecule has 1 unspecified atom stereocenters. The van der Waals surface area contributed by atoms with E-state index in [-0.39, 0.29) is 0 Å². The summed E-state index contributed by atoms with van der Waals surface area (Å²) < 4.78 is 3.98. The van der Waals surface area contributed by atoms with Crippen molar-refractivity contribution in [3.63, 3.8) is 0 Å². The number of hydrogen-bond acceptors (Lipinski definition) is 5. The average Bonchev–Trinajstić information content (AvgIpc) is 2.82. The minimum atomic E-state index is 0.800. The number of anilines is 1. The Kier molecular flexibility index (Phi) is 2.58. The maximum absolute atomic E-state index is 4.13. The lowest BCUT2D eigenvalue weighted by molar-refractivity contribution is 0.316. The second-order valence-corrected chi connectivity index (χ2v) is 5.29. The van der Waals surface area contributed by atoms with Crippen molar-refractivity contribution in [2.45, 2.75) is 25.3 Å². The average molecular weight is 224 g/mol. The lowest BCUT2D eigenvalue weighted by Crippen LogP contribution is -2.24. The van der Waals surface area contributed by atoms with Gasteiger partial charge in [-0.05, 0) is 31.7 Å². The molecule has 5 heteroatoms. The van der Waals surface area contributed by atoms with Gasteiger partial charge in [0, 0.05) is 30.7 Å². The molecule has 1 aliphatic heterocycles. The maximum atomic E-state index is 4.13. The molecule has 0 spiro atoms. The zero-order valence-corrected chi connectivity index (χ0v) is 9.54. The van der Waals surface area contributed by atoms with Crippen LogP contribution in [0, 0.1) is 5.92 Å². The van der Waals surface area contributed by atoms with Crippen LogP contribution in [0.25, 0.3) is 0 Å². The van der Waals surface area contributed by atoms with Crippen LogP contribution >= 0.6 is 11.5 Å². The summed E-state index contributed by atoms with van der Waals surface area (Å²) in [5.41, 5.74) is 0. The lowest BCUT2D eigenvalue weighted by atomic mass is 10.1. The maximum Gasteiger partial charge on any atom is 0.202 e. The molecule has 2 heterocycles. The molecule has 0 radical (unpaired) electrons. The largest absolute Gasteiger partial charge is 0.360 e. The quantitative estimate of drug-likeness (QED) is 0.840. The first-order valence-electron chi connectivity index (χ1n) is 5.66. The van der Waals surface area contributed by atoms with Crippen LogP contribution < -0.4 is 5.32 Å². The molecular formula is C10H16N4S. The van der Waals surface area contributed by atoms with Gasteiger partial charge in [-0.2, -0.15) is 4.37 Å². The van der Waals surface area contributed by atoms with Crippen LogP contribution in [-0.4, -0.2) is 39.9 Å². The fourth-order valence-corrected chi connectivity index (χ4v) is 2.72. The van der Waals surface area contributed by atoms with Crippen molar-refractivity contribution in [1.82, 2.24) is 14.3 Å². The number of hydrogen-bond donors (Lipinski definition) is 1. The molecule has 1 aliphatic carbocycles. The SMILES string of the molecule is c1nsc(NCC2CCN(C3CC3)C2)n1. The standard InChI is InChI=1S/C10H16N4S/c1-2-9(1)14-4-3-8(6-14)5-11-10-12-7-13-15-10/h7-9H,1-6H2,(H,11,12,13). The Balaban J connectivity index is 1.44. The molecule has 1 aromatic rings. The van der Waals surface area contributed by atoms with Crippen LogP contribution in [0.4, 0.5) is 5.13 Å². The van der Waals surface area contributed by atoms with E-state index in [2.05, 4.69) is 19.6 Å². The summed E-state index contributed by atoms with van der Waals surface area (Å²) in [6.45, 7) is 3.63.